The smallest absolute Gasteiger partial charge is 0.335 e. The van der Waals surface area contributed by atoms with Crippen molar-refractivity contribution in [2.24, 2.45) is 0 Å². The molecule has 1 fully saturated rings. The first kappa shape index (κ1) is 19.8. The molecule has 0 aromatic heterocycles. The first-order chi connectivity index (χ1) is 13.3. The maximum Gasteiger partial charge on any atom is 0.335 e. The van der Waals surface area contributed by atoms with Gasteiger partial charge < -0.3 is 4.74 Å². The molecule has 0 spiro atoms. The van der Waals surface area contributed by atoms with Crippen LogP contribution in [-0.4, -0.2) is 23.9 Å². The summed E-state index contributed by atoms with van der Waals surface area (Å²) in [7, 11) is 0. The third kappa shape index (κ3) is 4.12. The van der Waals surface area contributed by atoms with Gasteiger partial charge in [0, 0.05) is 0 Å². The molecule has 8 heteroatoms. The first-order valence-corrected chi connectivity index (χ1v) is 9.19. The summed E-state index contributed by atoms with van der Waals surface area (Å²) in [5.41, 5.74) is 0.507. The molecule has 144 valence electrons. The second-order valence-corrected chi connectivity index (χ2v) is 7.15. The summed E-state index contributed by atoms with van der Waals surface area (Å²) in [6.07, 6.45) is 1.37. The molecule has 0 aliphatic carbocycles. The van der Waals surface area contributed by atoms with Crippen LogP contribution in [0.4, 0.5) is 14.9 Å². The van der Waals surface area contributed by atoms with Crippen LogP contribution in [0, 0.1) is 5.82 Å². The molecule has 3 rings (SSSR count). The van der Waals surface area contributed by atoms with Gasteiger partial charge in [0.05, 0.1) is 16.3 Å². The van der Waals surface area contributed by atoms with Gasteiger partial charge in [-0.1, -0.05) is 6.07 Å². The number of nitrogens with one attached hydrogen (secondary N) is 1. The van der Waals surface area contributed by atoms with Gasteiger partial charge in [0.1, 0.15) is 17.1 Å². The predicted molar refractivity (Wildman–Crippen MR) is 105 cm³/mol. The van der Waals surface area contributed by atoms with Gasteiger partial charge in [-0.2, -0.15) is 0 Å². The van der Waals surface area contributed by atoms with Crippen LogP contribution in [0.15, 0.2) is 52.5 Å². The number of urea groups is 1. The van der Waals surface area contributed by atoms with Crippen molar-refractivity contribution in [1.29, 1.82) is 0 Å². The highest BCUT2D eigenvalue weighted by Crippen LogP contribution is 2.29. The van der Waals surface area contributed by atoms with E-state index in [1.165, 1.54) is 18.2 Å². The fourth-order valence-corrected chi connectivity index (χ4v) is 3.10. The fourth-order valence-electron chi connectivity index (χ4n) is 2.61. The number of ether oxygens (including phenoxy) is 1. The molecule has 2 aromatic carbocycles. The molecule has 4 amide bonds. The van der Waals surface area contributed by atoms with Crippen LogP contribution in [-0.2, 0) is 9.59 Å². The third-order valence-electron chi connectivity index (χ3n) is 3.82. The van der Waals surface area contributed by atoms with Crippen molar-refractivity contribution < 1.29 is 23.5 Å². The summed E-state index contributed by atoms with van der Waals surface area (Å²) in [5.74, 6) is -1.47. The summed E-state index contributed by atoms with van der Waals surface area (Å²) in [4.78, 5) is 37.9. The molecule has 0 radical (unpaired) electrons. The Balaban J connectivity index is 1.95. The second kappa shape index (κ2) is 7.93. The molecule has 1 heterocycles. The average molecular weight is 447 g/mol. The number of rotatable bonds is 4. The van der Waals surface area contributed by atoms with E-state index in [9.17, 15) is 18.8 Å². The number of carbonyl (C=O) groups is 3. The summed E-state index contributed by atoms with van der Waals surface area (Å²) in [6, 6.07) is 9.04. The normalized spacial score (nSPS) is 16.0. The summed E-state index contributed by atoms with van der Waals surface area (Å²) < 4.78 is 19.4. The van der Waals surface area contributed by atoms with Crippen LogP contribution in [0.2, 0.25) is 0 Å². The van der Waals surface area contributed by atoms with Gasteiger partial charge in [-0.15, -0.1) is 0 Å². The number of carbonyl (C=O) groups excluding carboxylic acids is 3. The standard InChI is InChI=1S/C20H16BrFN2O4/c1-11(2)28-17-8-3-12(10-16(17)21)9-15-18(25)23-20(27)24(19(15)26)14-6-4-13(22)5-7-14/h3-11H,1-2H3,(H,23,25,27)/b15-9+. The van der Waals surface area contributed by atoms with E-state index in [-0.39, 0.29) is 17.4 Å². The van der Waals surface area contributed by atoms with E-state index in [1.807, 2.05) is 13.8 Å². The Morgan fingerprint density at radius 1 is 1.11 bits per heavy atom. The van der Waals surface area contributed by atoms with E-state index in [2.05, 4.69) is 21.2 Å². The Morgan fingerprint density at radius 3 is 2.39 bits per heavy atom. The minimum absolute atomic E-state index is 0.0125. The molecular weight excluding hydrogens is 431 g/mol. The maximum absolute atomic E-state index is 13.1. The lowest BCUT2D eigenvalue weighted by atomic mass is 10.1. The number of hydrogen-bond donors (Lipinski definition) is 1. The number of hydrogen-bond acceptors (Lipinski definition) is 4. The summed E-state index contributed by atoms with van der Waals surface area (Å²) in [5, 5.41) is 2.12. The van der Waals surface area contributed by atoms with Crippen molar-refractivity contribution in [2.75, 3.05) is 4.90 Å². The molecule has 1 aliphatic heterocycles. The highest BCUT2D eigenvalue weighted by atomic mass is 79.9. The molecule has 0 bridgehead atoms. The molecule has 1 N–H and O–H groups in total. The lowest BCUT2D eigenvalue weighted by molar-refractivity contribution is -0.122. The van der Waals surface area contributed by atoms with Crippen molar-refractivity contribution in [3.63, 3.8) is 0 Å². The number of halogens is 2. The monoisotopic (exact) mass is 446 g/mol. The second-order valence-electron chi connectivity index (χ2n) is 6.29. The predicted octanol–water partition coefficient (Wildman–Crippen LogP) is 4.04. The number of amides is 4. The lowest BCUT2D eigenvalue weighted by Crippen LogP contribution is -2.54. The van der Waals surface area contributed by atoms with Crippen molar-refractivity contribution in [3.05, 3.63) is 63.9 Å². The molecule has 6 nitrogen and oxygen atoms in total. The quantitative estimate of drug-likeness (QED) is 0.567. The highest BCUT2D eigenvalue weighted by Gasteiger charge is 2.36. The molecular formula is C20H16BrFN2O4. The Hall–Kier alpha value is -3.00. The highest BCUT2D eigenvalue weighted by molar-refractivity contribution is 9.10. The van der Waals surface area contributed by atoms with Crippen molar-refractivity contribution in [3.8, 4) is 5.75 Å². The van der Waals surface area contributed by atoms with E-state index < -0.39 is 23.7 Å². The Kier molecular flexibility index (Phi) is 5.60. The number of imide groups is 2. The zero-order valence-corrected chi connectivity index (χ0v) is 16.6. The van der Waals surface area contributed by atoms with Crippen LogP contribution >= 0.6 is 15.9 Å². The number of nitrogens with zero attached hydrogens (tertiary/aromatic N) is 1. The number of benzene rings is 2. The van der Waals surface area contributed by atoms with Gasteiger partial charge in [-0.3, -0.25) is 14.9 Å². The van der Waals surface area contributed by atoms with Crippen LogP contribution in [0.1, 0.15) is 19.4 Å². The topological polar surface area (TPSA) is 75.7 Å². The first-order valence-electron chi connectivity index (χ1n) is 8.39. The average Bonchev–Trinajstić information content (AvgIpc) is 2.62. The van der Waals surface area contributed by atoms with Crippen LogP contribution in [0.25, 0.3) is 6.08 Å². The van der Waals surface area contributed by atoms with Gasteiger partial charge in [-0.25, -0.2) is 14.1 Å². The van der Waals surface area contributed by atoms with Crippen molar-refractivity contribution >= 4 is 45.5 Å². The van der Waals surface area contributed by atoms with Crippen LogP contribution < -0.4 is 15.0 Å². The van der Waals surface area contributed by atoms with Crippen LogP contribution in [0.5, 0.6) is 5.75 Å². The maximum atomic E-state index is 13.1. The van der Waals surface area contributed by atoms with E-state index in [4.69, 9.17) is 4.74 Å². The zero-order chi connectivity index (χ0) is 20.4. The van der Waals surface area contributed by atoms with Crippen molar-refractivity contribution in [2.45, 2.75) is 20.0 Å². The summed E-state index contributed by atoms with van der Waals surface area (Å²) in [6.45, 7) is 3.79. The summed E-state index contributed by atoms with van der Waals surface area (Å²) >= 11 is 3.40. The Bertz CT molecular complexity index is 986. The SMILES string of the molecule is CC(C)Oc1ccc(/C=C2\C(=O)NC(=O)N(c3ccc(F)cc3)C2=O)cc1Br. The Morgan fingerprint density at radius 2 is 1.79 bits per heavy atom. The van der Waals surface area contributed by atoms with Gasteiger partial charge in [-0.05, 0) is 77.8 Å². The lowest BCUT2D eigenvalue weighted by Gasteiger charge is -2.26. The number of anilines is 1. The minimum atomic E-state index is -0.888. The van der Waals surface area contributed by atoms with E-state index >= 15 is 0 Å². The molecule has 2 aromatic rings. The minimum Gasteiger partial charge on any atom is -0.490 e. The van der Waals surface area contributed by atoms with E-state index in [0.29, 0.717) is 15.8 Å². The fraction of sp³-hybridized carbons (Fsp3) is 0.150. The van der Waals surface area contributed by atoms with Gasteiger partial charge in [0.15, 0.2) is 0 Å². The molecule has 0 unspecified atom stereocenters. The number of barbiturate groups is 1. The Labute approximate surface area is 169 Å². The molecule has 1 saturated heterocycles. The van der Waals surface area contributed by atoms with Gasteiger partial charge >= 0.3 is 6.03 Å². The zero-order valence-electron chi connectivity index (χ0n) is 15.0. The van der Waals surface area contributed by atoms with Gasteiger partial charge in [0.25, 0.3) is 11.8 Å². The van der Waals surface area contributed by atoms with E-state index in [0.717, 1.165) is 17.0 Å². The van der Waals surface area contributed by atoms with Gasteiger partial charge in [0.2, 0.25) is 0 Å². The molecule has 1 aliphatic rings. The van der Waals surface area contributed by atoms with E-state index in [1.54, 1.807) is 18.2 Å². The molecule has 28 heavy (non-hydrogen) atoms. The molecule has 0 saturated carbocycles. The van der Waals surface area contributed by atoms with Crippen LogP contribution in [0.3, 0.4) is 0 Å². The van der Waals surface area contributed by atoms with Crippen molar-refractivity contribution in [1.82, 2.24) is 5.32 Å². The molecule has 0 atom stereocenters. The third-order valence-corrected chi connectivity index (χ3v) is 4.44. The largest absolute Gasteiger partial charge is 0.490 e.